The van der Waals surface area contributed by atoms with Crippen LogP contribution in [-0.2, 0) is 13.6 Å². The zero-order valence-electron chi connectivity index (χ0n) is 10.5. The van der Waals surface area contributed by atoms with Gasteiger partial charge in [0.05, 0.1) is 12.1 Å². The topological polar surface area (TPSA) is 63.0 Å². The van der Waals surface area contributed by atoms with Crippen molar-refractivity contribution in [3.05, 3.63) is 12.2 Å². The molecule has 0 aromatic carbocycles. The van der Waals surface area contributed by atoms with Gasteiger partial charge in [-0.2, -0.15) is 5.10 Å². The molecule has 96 valence electrons. The van der Waals surface area contributed by atoms with Crippen molar-refractivity contribution in [3.8, 4) is 0 Å². The molecule has 0 amide bonds. The molecular formula is C12H22N4O. The molecule has 1 aromatic heterocycles. The average molecular weight is 238 g/mol. The molecule has 17 heavy (non-hydrogen) atoms. The highest BCUT2D eigenvalue weighted by atomic mass is 16.3. The van der Waals surface area contributed by atoms with Crippen molar-refractivity contribution in [2.75, 3.05) is 6.54 Å². The number of hydrogen-bond acceptors (Lipinski definition) is 4. The molecule has 5 nitrogen and oxygen atoms in total. The van der Waals surface area contributed by atoms with E-state index >= 15 is 0 Å². The molecule has 0 atom stereocenters. The molecule has 1 aromatic rings. The second-order valence-electron chi connectivity index (χ2n) is 5.04. The summed E-state index contributed by atoms with van der Waals surface area (Å²) < 4.78 is 1.75. The van der Waals surface area contributed by atoms with E-state index in [-0.39, 0.29) is 0 Å². The van der Waals surface area contributed by atoms with Gasteiger partial charge in [-0.25, -0.2) is 4.98 Å². The third-order valence-electron chi connectivity index (χ3n) is 3.58. The summed E-state index contributed by atoms with van der Waals surface area (Å²) in [4.78, 5) is 4.15. The molecule has 0 saturated heterocycles. The molecule has 5 heteroatoms. The predicted octanol–water partition coefficient (Wildman–Crippen LogP) is 0.990. The van der Waals surface area contributed by atoms with Gasteiger partial charge in [0.15, 0.2) is 0 Å². The summed E-state index contributed by atoms with van der Waals surface area (Å²) in [6.45, 7) is 1.32. The first kappa shape index (κ1) is 12.5. The fourth-order valence-electron chi connectivity index (χ4n) is 2.45. The van der Waals surface area contributed by atoms with Gasteiger partial charge in [0.2, 0.25) is 0 Å². The maximum Gasteiger partial charge on any atom is 0.140 e. The molecule has 0 spiro atoms. The van der Waals surface area contributed by atoms with Crippen LogP contribution in [0.5, 0.6) is 0 Å². The van der Waals surface area contributed by atoms with E-state index in [2.05, 4.69) is 15.4 Å². The van der Waals surface area contributed by atoms with Crippen molar-refractivity contribution in [1.82, 2.24) is 20.1 Å². The summed E-state index contributed by atoms with van der Waals surface area (Å²) in [7, 11) is 1.88. The zero-order valence-corrected chi connectivity index (χ0v) is 10.5. The van der Waals surface area contributed by atoms with Crippen molar-refractivity contribution in [2.45, 2.75) is 50.7 Å². The maximum atomic E-state index is 10.4. The summed E-state index contributed by atoms with van der Waals surface area (Å²) in [6, 6.07) is 0. The summed E-state index contributed by atoms with van der Waals surface area (Å²) in [5.41, 5.74) is -0.519. The number of hydrogen-bond donors (Lipinski definition) is 2. The van der Waals surface area contributed by atoms with Gasteiger partial charge in [-0.15, -0.1) is 0 Å². The van der Waals surface area contributed by atoms with Crippen LogP contribution in [0.25, 0.3) is 0 Å². The van der Waals surface area contributed by atoms with Crippen molar-refractivity contribution < 1.29 is 5.11 Å². The van der Waals surface area contributed by atoms with Crippen LogP contribution in [0.15, 0.2) is 6.33 Å². The van der Waals surface area contributed by atoms with Crippen LogP contribution in [0.4, 0.5) is 0 Å². The third-order valence-corrected chi connectivity index (χ3v) is 3.58. The number of rotatable bonds is 4. The molecule has 1 saturated carbocycles. The molecule has 2 rings (SSSR count). The second-order valence-corrected chi connectivity index (χ2v) is 5.04. The Morgan fingerprint density at radius 2 is 2.06 bits per heavy atom. The SMILES string of the molecule is Cn1ncnc1CNCC1(O)CCCCCC1. The van der Waals surface area contributed by atoms with Crippen LogP contribution < -0.4 is 5.32 Å². The van der Waals surface area contributed by atoms with E-state index in [0.29, 0.717) is 13.1 Å². The van der Waals surface area contributed by atoms with E-state index in [1.165, 1.54) is 12.8 Å². The van der Waals surface area contributed by atoms with Crippen LogP contribution in [-0.4, -0.2) is 32.0 Å². The molecule has 0 unspecified atom stereocenters. The predicted molar refractivity (Wildman–Crippen MR) is 65.4 cm³/mol. The Balaban J connectivity index is 1.79. The lowest BCUT2D eigenvalue weighted by Gasteiger charge is -2.26. The summed E-state index contributed by atoms with van der Waals surface area (Å²) >= 11 is 0. The summed E-state index contributed by atoms with van der Waals surface area (Å²) in [5.74, 6) is 0.905. The normalized spacial score (nSPS) is 20.1. The zero-order chi connectivity index (χ0) is 12.1. The highest BCUT2D eigenvalue weighted by Gasteiger charge is 2.27. The Morgan fingerprint density at radius 3 is 2.65 bits per heavy atom. The van der Waals surface area contributed by atoms with Crippen LogP contribution in [0.3, 0.4) is 0 Å². The second kappa shape index (κ2) is 5.60. The molecule has 0 aliphatic heterocycles. The van der Waals surface area contributed by atoms with Gasteiger partial charge in [-0.1, -0.05) is 25.7 Å². The van der Waals surface area contributed by atoms with Gasteiger partial charge in [0, 0.05) is 13.6 Å². The first-order valence-corrected chi connectivity index (χ1v) is 6.46. The summed E-state index contributed by atoms with van der Waals surface area (Å²) in [5, 5.41) is 17.8. The van der Waals surface area contributed by atoms with E-state index < -0.39 is 5.60 Å². The maximum absolute atomic E-state index is 10.4. The molecule has 1 heterocycles. The van der Waals surface area contributed by atoms with Crippen molar-refractivity contribution in [3.63, 3.8) is 0 Å². The van der Waals surface area contributed by atoms with E-state index in [0.717, 1.165) is 31.5 Å². The smallest absolute Gasteiger partial charge is 0.140 e. The number of aliphatic hydroxyl groups is 1. The highest BCUT2D eigenvalue weighted by Crippen LogP contribution is 2.26. The lowest BCUT2D eigenvalue weighted by Crippen LogP contribution is -2.40. The van der Waals surface area contributed by atoms with E-state index in [1.807, 2.05) is 7.05 Å². The van der Waals surface area contributed by atoms with Crippen LogP contribution in [0.1, 0.15) is 44.3 Å². The number of aryl methyl sites for hydroxylation is 1. The Morgan fingerprint density at radius 1 is 1.35 bits per heavy atom. The minimum absolute atomic E-state index is 0.519. The standard InChI is InChI=1S/C12H22N4O/c1-16-11(14-10-15-16)8-13-9-12(17)6-4-2-3-5-7-12/h10,13,17H,2-9H2,1H3. The Bertz CT molecular complexity index is 342. The van der Waals surface area contributed by atoms with Crippen LogP contribution >= 0.6 is 0 Å². The minimum Gasteiger partial charge on any atom is -0.389 e. The van der Waals surface area contributed by atoms with E-state index in [1.54, 1.807) is 11.0 Å². The quantitative estimate of drug-likeness (QED) is 0.768. The van der Waals surface area contributed by atoms with Crippen LogP contribution in [0, 0.1) is 0 Å². The van der Waals surface area contributed by atoms with Gasteiger partial charge in [-0.05, 0) is 12.8 Å². The van der Waals surface area contributed by atoms with Crippen molar-refractivity contribution in [2.24, 2.45) is 7.05 Å². The molecule has 1 aliphatic carbocycles. The summed E-state index contributed by atoms with van der Waals surface area (Å²) in [6.07, 6.45) is 8.18. The fraction of sp³-hybridized carbons (Fsp3) is 0.833. The Kier molecular flexibility index (Phi) is 4.12. The van der Waals surface area contributed by atoms with E-state index in [9.17, 15) is 5.11 Å². The number of nitrogens with one attached hydrogen (secondary N) is 1. The largest absolute Gasteiger partial charge is 0.389 e. The minimum atomic E-state index is -0.519. The highest BCUT2D eigenvalue weighted by molar-refractivity contribution is 4.87. The van der Waals surface area contributed by atoms with Crippen molar-refractivity contribution >= 4 is 0 Å². The monoisotopic (exact) mass is 238 g/mol. The van der Waals surface area contributed by atoms with Gasteiger partial charge >= 0.3 is 0 Å². The average Bonchev–Trinajstić information content (AvgIpc) is 2.58. The Hall–Kier alpha value is -0.940. The molecular weight excluding hydrogens is 216 g/mol. The Labute approximate surface area is 102 Å². The van der Waals surface area contributed by atoms with Gasteiger partial charge in [0.25, 0.3) is 0 Å². The fourth-order valence-corrected chi connectivity index (χ4v) is 2.45. The molecule has 0 bridgehead atoms. The lowest BCUT2D eigenvalue weighted by molar-refractivity contribution is 0.0248. The first-order chi connectivity index (χ1) is 8.20. The van der Waals surface area contributed by atoms with Gasteiger partial charge < -0.3 is 10.4 Å². The molecule has 1 fully saturated rings. The van der Waals surface area contributed by atoms with Crippen molar-refractivity contribution in [1.29, 1.82) is 0 Å². The first-order valence-electron chi connectivity index (χ1n) is 6.46. The molecule has 0 radical (unpaired) electrons. The lowest BCUT2D eigenvalue weighted by atomic mass is 9.94. The van der Waals surface area contributed by atoms with Crippen LogP contribution in [0.2, 0.25) is 0 Å². The molecule has 1 aliphatic rings. The van der Waals surface area contributed by atoms with E-state index in [4.69, 9.17) is 0 Å². The number of nitrogens with zero attached hydrogens (tertiary/aromatic N) is 3. The third kappa shape index (κ3) is 3.51. The van der Waals surface area contributed by atoms with Gasteiger partial charge in [-0.3, -0.25) is 4.68 Å². The van der Waals surface area contributed by atoms with Gasteiger partial charge in [0.1, 0.15) is 12.2 Å². The molecule has 2 N–H and O–H groups in total. The number of aromatic nitrogens is 3.